The molecule has 7 heteroatoms. The van der Waals surface area contributed by atoms with Crippen LogP contribution in [0.1, 0.15) is 32.0 Å². The fraction of sp³-hybridized carbons (Fsp3) is 0.667. The molecule has 0 saturated heterocycles. The second-order valence-corrected chi connectivity index (χ2v) is 6.55. The lowest BCUT2D eigenvalue weighted by Crippen LogP contribution is -2.35. The van der Waals surface area contributed by atoms with Crippen molar-refractivity contribution in [1.29, 1.82) is 5.26 Å². The molecule has 1 aromatic rings. The van der Waals surface area contributed by atoms with Crippen LogP contribution in [0.4, 0.5) is 0 Å². The van der Waals surface area contributed by atoms with Crippen molar-refractivity contribution in [2.75, 3.05) is 0 Å². The summed E-state index contributed by atoms with van der Waals surface area (Å²) in [6.45, 7) is 4.53. The minimum Gasteiger partial charge on any atom is -0.334 e. The first-order valence-corrected chi connectivity index (χ1v) is 7.92. The van der Waals surface area contributed by atoms with Crippen molar-refractivity contribution in [3.63, 3.8) is 0 Å². The van der Waals surface area contributed by atoms with Gasteiger partial charge in [0.2, 0.25) is 0 Å². The summed E-state index contributed by atoms with van der Waals surface area (Å²) in [5, 5.41) is 8.99. The van der Waals surface area contributed by atoms with Crippen LogP contribution in [0.2, 0.25) is 0 Å². The second-order valence-electron chi connectivity index (χ2n) is 4.89. The SMILES string of the molecule is CCCn1cc(S(=O)(=O)NC(C#N)C2CC2)nc1C. The maximum Gasteiger partial charge on any atom is 0.260 e. The maximum absolute atomic E-state index is 12.2. The molecule has 19 heavy (non-hydrogen) atoms. The van der Waals surface area contributed by atoms with Crippen molar-refractivity contribution >= 4 is 10.0 Å². The van der Waals surface area contributed by atoms with E-state index in [0.29, 0.717) is 5.82 Å². The van der Waals surface area contributed by atoms with Gasteiger partial charge in [0.25, 0.3) is 10.0 Å². The number of aryl methyl sites for hydroxylation is 2. The molecule has 1 saturated carbocycles. The summed E-state index contributed by atoms with van der Waals surface area (Å²) < 4.78 is 28.6. The fourth-order valence-electron chi connectivity index (χ4n) is 1.96. The number of sulfonamides is 1. The number of nitrogens with zero attached hydrogens (tertiary/aromatic N) is 3. The van der Waals surface area contributed by atoms with Gasteiger partial charge in [-0.1, -0.05) is 6.92 Å². The molecule has 0 amide bonds. The van der Waals surface area contributed by atoms with E-state index in [2.05, 4.69) is 9.71 Å². The number of hydrogen-bond acceptors (Lipinski definition) is 4. The van der Waals surface area contributed by atoms with Gasteiger partial charge in [-0.25, -0.2) is 13.4 Å². The van der Waals surface area contributed by atoms with Gasteiger partial charge in [-0.05, 0) is 32.1 Å². The van der Waals surface area contributed by atoms with Gasteiger partial charge in [-0.3, -0.25) is 0 Å². The highest BCUT2D eigenvalue weighted by Gasteiger charge is 2.35. The summed E-state index contributed by atoms with van der Waals surface area (Å²) in [5.41, 5.74) is 0. The Morgan fingerprint density at radius 1 is 1.63 bits per heavy atom. The van der Waals surface area contributed by atoms with Crippen LogP contribution in [0, 0.1) is 24.2 Å². The molecule has 2 rings (SSSR count). The van der Waals surface area contributed by atoms with Crippen molar-refractivity contribution < 1.29 is 8.42 Å². The molecular weight excluding hydrogens is 264 g/mol. The highest BCUT2D eigenvalue weighted by molar-refractivity contribution is 7.89. The van der Waals surface area contributed by atoms with E-state index in [1.165, 1.54) is 6.20 Å². The third kappa shape index (κ3) is 3.14. The smallest absolute Gasteiger partial charge is 0.260 e. The Labute approximate surface area is 113 Å². The Kier molecular flexibility index (Phi) is 3.92. The molecule has 1 aliphatic rings. The zero-order chi connectivity index (χ0) is 14.0. The lowest BCUT2D eigenvalue weighted by atomic mass is 10.2. The zero-order valence-electron chi connectivity index (χ0n) is 11.1. The summed E-state index contributed by atoms with van der Waals surface area (Å²) in [7, 11) is -3.70. The molecule has 0 aliphatic heterocycles. The molecule has 1 aromatic heterocycles. The highest BCUT2D eigenvalue weighted by atomic mass is 32.2. The molecule has 1 heterocycles. The molecule has 0 spiro atoms. The molecule has 0 radical (unpaired) electrons. The Morgan fingerprint density at radius 2 is 2.32 bits per heavy atom. The van der Waals surface area contributed by atoms with E-state index in [1.807, 2.05) is 17.6 Å². The van der Waals surface area contributed by atoms with Gasteiger partial charge >= 0.3 is 0 Å². The van der Waals surface area contributed by atoms with Crippen LogP contribution < -0.4 is 4.72 Å². The van der Waals surface area contributed by atoms with Crippen LogP contribution in [0.15, 0.2) is 11.2 Å². The first-order chi connectivity index (χ1) is 8.97. The third-order valence-electron chi connectivity index (χ3n) is 3.21. The largest absolute Gasteiger partial charge is 0.334 e. The highest BCUT2D eigenvalue weighted by Crippen LogP contribution is 2.32. The van der Waals surface area contributed by atoms with Crippen LogP contribution in [-0.2, 0) is 16.6 Å². The molecule has 0 aromatic carbocycles. The average molecular weight is 282 g/mol. The van der Waals surface area contributed by atoms with Gasteiger partial charge in [0, 0.05) is 12.7 Å². The molecule has 1 atom stereocenters. The maximum atomic E-state index is 12.2. The number of nitrogens with one attached hydrogen (secondary N) is 1. The summed E-state index contributed by atoms with van der Waals surface area (Å²) in [6.07, 6.45) is 4.25. The molecule has 1 N–H and O–H groups in total. The van der Waals surface area contributed by atoms with Gasteiger partial charge < -0.3 is 4.57 Å². The normalized spacial score (nSPS) is 17.1. The lowest BCUT2D eigenvalue weighted by Gasteiger charge is -2.08. The molecule has 6 nitrogen and oxygen atoms in total. The zero-order valence-corrected chi connectivity index (χ0v) is 11.9. The topological polar surface area (TPSA) is 87.8 Å². The van der Waals surface area contributed by atoms with E-state index in [-0.39, 0.29) is 10.9 Å². The Bertz CT molecular complexity index is 596. The summed E-state index contributed by atoms with van der Waals surface area (Å²) >= 11 is 0. The number of imidazole rings is 1. The van der Waals surface area contributed by atoms with E-state index >= 15 is 0 Å². The van der Waals surface area contributed by atoms with Crippen molar-refractivity contribution in [3.8, 4) is 6.07 Å². The van der Waals surface area contributed by atoms with E-state index in [9.17, 15) is 8.42 Å². The summed E-state index contributed by atoms with van der Waals surface area (Å²) in [5.74, 6) is 0.820. The average Bonchev–Trinajstić information content (AvgIpc) is 3.12. The van der Waals surface area contributed by atoms with Gasteiger partial charge in [0.15, 0.2) is 5.03 Å². The van der Waals surface area contributed by atoms with E-state index in [4.69, 9.17) is 5.26 Å². The Hall–Kier alpha value is -1.39. The van der Waals surface area contributed by atoms with Crippen LogP contribution in [0.25, 0.3) is 0 Å². The predicted octanol–water partition coefficient (Wildman–Crippen LogP) is 1.18. The summed E-state index contributed by atoms with van der Waals surface area (Å²) in [4.78, 5) is 4.07. The number of nitriles is 1. The first-order valence-electron chi connectivity index (χ1n) is 6.43. The third-order valence-corrected chi connectivity index (χ3v) is 4.52. The molecule has 104 valence electrons. The Balaban J connectivity index is 2.19. The Morgan fingerprint density at radius 3 is 2.84 bits per heavy atom. The number of hydrogen-bond donors (Lipinski definition) is 1. The molecular formula is C12H18N4O2S. The lowest BCUT2D eigenvalue weighted by molar-refractivity contribution is 0.556. The molecule has 1 fully saturated rings. The molecule has 0 bridgehead atoms. The van der Waals surface area contributed by atoms with E-state index in [0.717, 1.165) is 25.8 Å². The van der Waals surface area contributed by atoms with Gasteiger partial charge in [0.05, 0.1) is 6.07 Å². The van der Waals surface area contributed by atoms with E-state index in [1.54, 1.807) is 6.92 Å². The number of rotatable bonds is 6. The first kappa shape index (κ1) is 14.0. The second kappa shape index (κ2) is 5.31. The van der Waals surface area contributed by atoms with Crippen LogP contribution >= 0.6 is 0 Å². The van der Waals surface area contributed by atoms with Crippen LogP contribution in [0.5, 0.6) is 0 Å². The molecule has 1 aliphatic carbocycles. The van der Waals surface area contributed by atoms with Gasteiger partial charge in [-0.15, -0.1) is 0 Å². The van der Waals surface area contributed by atoms with Crippen molar-refractivity contribution in [2.45, 2.75) is 50.7 Å². The monoisotopic (exact) mass is 282 g/mol. The quantitative estimate of drug-likeness (QED) is 0.848. The minimum atomic E-state index is -3.70. The van der Waals surface area contributed by atoms with Crippen molar-refractivity contribution in [3.05, 3.63) is 12.0 Å². The van der Waals surface area contributed by atoms with Gasteiger partial charge in [0.1, 0.15) is 11.9 Å². The predicted molar refractivity (Wildman–Crippen MR) is 69.7 cm³/mol. The summed E-state index contributed by atoms with van der Waals surface area (Å²) in [6, 6.07) is 1.37. The number of aromatic nitrogens is 2. The van der Waals surface area contributed by atoms with Crippen molar-refractivity contribution in [2.24, 2.45) is 5.92 Å². The minimum absolute atomic E-state index is 0.000602. The fourth-order valence-corrected chi connectivity index (χ4v) is 3.18. The van der Waals surface area contributed by atoms with E-state index < -0.39 is 16.1 Å². The standard InChI is InChI=1S/C12H18N4O2S/c1-3-6-16-8-12(14-9(16)2)19(17,18)15-11(7-13)10-4-5-10/h8,10-11,15H,3-6H2,1-2H3. The van der Waals surface area contributed by atoms with Gasteiger partial charge in [-0.2, -0.15) is 9.98 Å². The van der Waals surface area contributed by atoms with Crippen LogP contribution in [-0.4, -0.2) is 24.0 Å². The van der Waals surface area contributed by atoms with Crippen LogP contribution in [0.3, 0.4) is 0 Å². The van der Waals surface area contributed by atoms with Crippen molar-refractivity contribution in [1.82, 2.24) is 14.3 Å². The molecule has 1 unspecified atom stereocenters.